The fourth-order valence-corrected chi connectivity index (χ4v) is 2.99. The molecule has 1 heterocycles. The van der Waals surface area contributed by atoms with Gasteiger partial charge in [-0.25, -0.2) is 4.79 Å². The number of carbonyl (C=O) groups excluding carboxylic acids is 1. The topological polar surface area (TPSA) is 62.6 Å². The lowest BCUT2D eigenvalue weighted by Crippen LogP contribution is -2.52. The Morgan fingerprint density at radius 1 is 1.36 bits per heavy atom. The molecule has 0 radical (unpaired) electrons. The van der Waals surface area contributed by atoms with Crippen molar-refractivity contribution in [2.75, 3.05) is 0 Å². The molecule has 1 rings (SSSR count). The van der Waals surface area contributed by atoms with Crippen LogP contribution < -0.4 is 0 Å². The molecule has 1 fully saturated rings. The first-order chi connectivity index (χ1) is 9.89. The predicted molar refractivity (Wildman–Crippen MR) is 85.0 cm³/mol. The second-order valence-electron chi connectivity index (χ2n) is 7.95. The van der Waals surface area contributed by atoms with E-state index in [1.165, 1.54) is 0 Å². The van der Waals surface area contributed by atoms with Crippen LogP contribution >= 0.6 is 0 Å². The Balaban J connectivity index is 3.07. The third-order valence-electron chi connectivity index (χ3n) is 3.78. The molecule has 5 heteroatoms. The van der Waals surface area contributed by atoms with E-state index < -0.39 is 11.3 Å². The van der Waals surface area contributed by atoms with E-state index in [9.17, 15) is 4.79 Å². The summed E-state index contributed by atoms with van der Waals surface area (Å²) in [4.78, 5) is 14.4. The fraction of sp³-hybridized carbons (Fsp3) is 0.882. The summed E-state index contributed by atoms with van der Waals surface area (Å²) < 4.78 is 11.7. The minimum atomic E-state index is -0.739. The highest BCUT2D eigenvalue weighted by molar-refractivity contribution is 5.70. The Kier molecular flexibility index (Phi) is 5.51. The summed E-state index contributed by atoms with van der Waals surface area (Å²) >= 11 is 0. The lowest BCUT2D eigenvalue weighted by Gasteiger charge is -2.36. The van der Waals surface area contributed by atoms with Gasteiger partial charge in [-0.15, -0.1) is 0 Å². The minimum Gasteiger partial charge on any atom is -0.444 e. The zero-order valence-corrected chi connectivity index (χ0v) is 15.1. The van der Waals surface area contributed by atoms with Gasteiger partial charge in [0.15, 0.2) is 0 Å². The average Bonchev–Trinajstić information content (AvgIpc) is 2.57. The van der Waals surface area contributed by atoms with Gasteiger partial charge in [-0.3, -0.25) is 4.90 Å². The quantitative estimate of drug-likeness (QED) is 0.792. The number of nitriles is 1. The van der Waals surface area contributed by atoms with Crippen LogP contribution in [0.1, 0.15) is 61.8 Å². The molecule has 3 atom stereocenters. The maximum absolute atomic E-state index is 12.7. The van der Waals surface area contributed by atoms with Crippen molar-refractivity contribution < 1.29 is 14.3 Å². The Bertz CT molecular complexity index is 446. The minimum absolute atomic E-state index is 0.0966. The summed E-state index contributed by atoms with van der Waals surface area (Å²) in [6.45, 7) is 15.3. The molecular formula is C17H30N2O3. The molecule has 5 nitrogen and oxygen atoms in total. The molecular weight excluding hydrogens is 280 g/mol. The van der Waals surface area contributed by atoms with Crippen molar-refractivity contribution >= 4 is 6.09 Å². The van der Waals surface area contributed by atoms with E-state index in [0.717, 1.165) is 0 Å². The molecule has 0 aliphatic carbocycles. The van der Waals surface area contributed by atoms with Gasteiger partial charge in [0.25, 0.3) is 0 Å². The van der Waals surface area contributed by atoms with Gasteiger partial charge in [-0.05, 0) is 53.9 Å². The summed E-state index contributed by atoms with van der Waals surface area (Å²) in [5.41, 5.74) is -1.29. The summed E-state index contributed by atoms with van der Waals surface area (Å²) in [5.74, 6) is 0.103. The van der Waals surface area contributed by atoms with E-state index >= 15 is 0 Å². The molecule has 0 bridgehead atoms. The molecule has 0 spiro atoms. The number of nitrogens with zero attached hydrogens (tertiary/aromatic N) is 2. The van der Waals surface area contributed by atoms with Gasteiger partial charge in [-0.2, -0.15) is 5.26 Å². The lowest BCUT2D eigenvalue weighted by molar-refractivity contribution is -0.0811. The van der Waals surface area contributed by atoms with Gasteiger partial charge >= 0.3 is 6.09 Å². The van der Waals surface area contributed by atoms with Crippen molar-refractivity contribution in [2.24, 2.45) is 11.8 Å². The number of rotatable bonds is 3. The Hall–Kier alpha value is -1.28. The van der Waals surface area contributed by atoms with Gasteiger partial charge < -0.3 is 9.47 Å². The molecule has 22 heavy (non-hydrogen) atoms. The van der Waals surface area contributed by atoms with Crippen LogP contribution in [-0.2, 0) is 9.47 Å². The van der Waals surface area contributed by atoms with E-state index in [4.69, 9.17) is 14.7 Å². The van der Waals surface area contributed by atoms with Crippen molar-refractivity contribution in [3.8, 4) is 6.07 Å². The molecule has 0 unspecified atom stereocenters. The second kappa shape index (κ2) is 6.45. The summed E-state index contributed by atoms with van der Waals surface area (Å²) in [6.07, 6.45) is 0.0997. The number of carbonyl (C=O) groups is 1. The Labute approximate surface area is 134 Å². The molecule has 126 valence electrons. The summed E-state index contributed by atoms with van der Waals surface area (Å²) in [7, 11) is 0. The molecule has 1 aliphatic rings. The smallest absolute Gasteiger partial charge is 0.412 e. The summed E-state index contributed by atoms with van der Waals surface area (Å²) in [5, 5.41) is 9.07. The molecule has 1 saturated heterocycles. The normalized spacial score (nSPS) is 25.9. The Morgan fingerprint density at radius 3 is 2.32 bits per heavy atom. The van der Waals surface area contributed by atoms with E-state index in [0.29, 0.717) is 6.42 Å². The van der Waals surface area contributed by atoms with E-state index in [1.807, 2.05) is 41.5 Å². The van der Waals surface area contributed by atoms with Crippen molar-refractivity contribution in [3.63, 3.8) is 0 Å². The van der Waals surface area contributed by atoms with Crippen LogP contribution in [0.25, 0.3) is 0 Å². The van der Waals surface area contributed by atoms with Gasteiger partial charge in [0, 0.05) is 5.92 Å². The van der Waals surface area contributed by atoms with Crippen molar-refractivity contribution in [1.29, 1.82) is 5.26 Å². The van der Waals surface area contributed by atoms with Crippen molar-refractivity contribution in [1.82, 2.24) is 4.90 Å². The molecule has 0 saturated carbocycles. The van der Waals surface area contributed by atoms with E-state index in [2.05, 4.69) is 19.9 Å². The highest BCUT2D eigenvalue weighted by atomic mass is 16.6. The van der Waals surface area contributed by atoms with Crippen LogP contribution in [-0.4, -0.2) is 34.5 Å². The molecule has 0 N–H and O–H groups in total. The highest BCUT2D eigenvalue weighted by Gasteiger charge is 2.52. The van der Waals surface area contributed by atoms with Crippen LogP contribution in [0.5, 0.6) is 0 Å². The highest BCUT2D eigenvalue weighted by Crippen LogP contribution is 2.39. The first kappa shape index (κ1) is 18.8. The molecule has 0 aromatic carbocycles. The van der Waals surface area contributed by atoms with Crippen LogP contribution in [0.2, 0.25) is 0 Å². The number of amides is 1. The third kappa shape index (κ3) is 4.36. The lowest BCUT2D eigenvalue weighted by atomic mass is 9.92. The Morgan fingerprint density at radius 2 is 1.91 bits per heavy atom. The van der Waals surface area contributed by atoms with Crippen LogP contribution in [0.4, 0.5) is 4.79 Å². The van der Waals surface area contributed by atoms with Gasteiger partial charge in [-0.1, -0.05) is 13.8 Å². The van der Waals surface area contributed by atoms with Gasteiger partial charge in [0.1, 0.15) is 11.3 Å². The monoisotopic (exact) mass is 310 g/mol. The summed E-state index contributed by atoms with van der Waals surface area (Å²) in [6, 6.07) is 2.15. The molecule has 1 amide bonds. The van der Waals surface area contributed by atoms with Crippen LogP contribution in [0.15, 0.2) is 0 Å². The molecule has 0 aromatic heterocycles. The fourth-order valence-electron chi connectivity index (χ4n) is 2.99. The third-order valence-corrected chi connectivity index (χ3v) is 3.78. The maximum atomic E-state index is 12.7. The first-order valence-electron chi connectivity index (χ1n) is 7.99. The maximum Gasteiger partial charge on any atom is 0.412 e. The second-order valence-corrected chi connectivity index (χ2v) is 7.95. The van der Waals surface area contributed by atoms with Crippen molar-refractivity contribution in [3.05, 3.63) is 0 Å². The standard InChI is InChI=1S/C17H30N2O3/c1-11(2)14-13(9-12(3)10-18)21-17(7,8)19(14)15(20)22-16(4,5)6/h11-14H,9H2,1-8H3/t12-,13-,14-/m0/s1. The zero-order chi connectivity index (χ0) is 17.3. The van der Waals surface area contributed by atoms with Crippen molar-refractivity contribution in [2.45, 2.75) is 85.3 Å². The molecule has 0 aromatic rings. The first-order valence-corrected chi connectivity index (χ1v) is 7.99. The van der Waals surface area contributed by atoms with E-state index in [-0.39, 0.29) is 30.1 Å². The van der Waals surface area contributed by atoms with Gasteiger partial charge in [0.2, 0.25) is 0 Å². The number of hydrogen-bond donors (Lipinski definition) is 0. The average molecular weight is 310 g/mol. The number of ether oxygens (including phenoxy) is 2. The zero-order valence-electron chi connectivity index (χ0n) is 15.1. The SMILES string of the molecule is CC(C)[C@H]1[C@H](C[C@H](C)C#N)OC(C)(C)N1C(=O)OC(C)(C)C. The number of hydrogen-bond acceptors (Lipinski definition) is 4. The largest absolute Gasteiger partial charge is 0.444 e. The van der Waals surface area contributed by atoms with Gasteiger partial charge in [0.05, 0.1) is 18.2 Å². The van der Waals surface area contributed by atoms with E-state index in [1.54, 1.807) is 4.90 Å². The molecule has 1 aliphatic heterocycles. The van der Waals surface area contributed by atoms with Crippen LogP contribution in [0.3, 0.4) is 0 Å². The predicted octanol–water partition coefficient (Wildman–Crippen LogP) is 3.93. The van der Waals surface area contributed by atoms with Crippen LogP contribution in [0, 0.1) is 23.2 Å².